The Balaban J connectivity index is 0.00000480. The second-order valence-corrected chi connectivity index (χ2v) is 7.15. The maximum absolute atomic E-state index is 12.0. The normalized spacial score (nSPS) is 10.6. The number of halogens is 1. The van der Waals surface area contributed by atoms with E-state index in [0.29, 0.717) is 12.1 Å². The highest BCUT2D eigenvalue weighted by Crippen LogP contribution is 2.10. The van der Waals surface area contributed by atoms with E-state index in [2.05, 4.69) is 20.9 Å². The summed E-state index contributed by atoms with van der Waals surface area (Å²) in [5.41, 5.74) is 3.68. The molecule has 0 aliphatic heterocycles. The number of anilines is 1. The number of guanidine groups is 1. The number of nitrogens with zero attached hydrogens (tertiary/aromatic N) is 2. The van der Waals surface area contributed by atoms with E-state index in [1.807, 2.05) is 55.5 Å². The number of carbonyl (C=O) groups is 2. The highest BCUT2D eigenvalue weighted by molar-refractivity contribution is 14.0. The van der Waals surface area contributed by atoms with Crippen molar-refractivity contribution in [2.45, 2.75) is 26.8 Å². The van der Waals surface area contributed by atoms with Crippen LogP contribution in [0.4, 0.5) is 5.69 Å². The van der Waals surface area contributed by atoms with Crippen molar-refractivity contribution >= 4 is 47.4 Å². The lowest BCUT2D eigenvalue weighted by molar-refractivity contribution is -0.114. The van der Waals surface area contributed by atoms with E-state index in [0.717, 1.165) is 36.7 Å². The molecule has 0 heterocycles. The summed E-state index contributed by atoms with van der Waals surface area (Å²) in [5.74, 6) is 0.667. The van der Waals surface area contributed by atoms with Crippen molar-refractivity contribution in [1.29, 1.82) is 0 Å². The van der Waals surface area contributed by atoms with E-state index < -0.39 is 0 Å². The van der Waals surface area contributed by atoms with Crippen LogP contribution in [0.25, 0.3) is 0 Å². The van der Waals surface area contributed by atoms with E-state index in [4.69, 9.17) is 0 Å². The van der Waals surface area contributed by atoms with E-state index in [-0.39, 0.29) is 35.8 Å². The van der Waals surface area contributed by atoms with Gasteiger partial charge in [0, 0.05) is 45.4 Å². The zero-order chi connectivity index (χ0) is 21.9. The van der Waals surface area contributed by atoms with Gasteiger partial charge >= 0.3 is 0 Å². The quantitative estimate of drug-likeness (QED) is 0.274. The summed E-state index contributed by atoms with van der Waals surface area (Å²) in [6, 6.07) is 15.3. The van der Waals surface area contributed by atoms with Crippen LogP contribution in [0.2, 0.25) is 0 Å². The van der Waals surface area contributed by atoms with Gasteiger partial charge in [0.2, 0.25) is 5.91 Å². The molecule has 0 unspecified atom stereocenters. The summed E-state index contributed by atoms with van der Waals surface area (Å²) in [7, 11) is 3.48. The van der Waals surface area contributed by atoms with Crippen LogP contribution in [-0.2, 0) is 17.8 Å². The van der Waals surface area contributed by atoms with Crippen molar-refractivity contribution in [3.8, 4) is 0 Å². The highest BCUT2D eigenvalue weighted by atomic mass is 127. The van der Waals surface area contributed by atoms with Gasteiger partial charge in [-0.05, 0) is 48.7 Å². The molecule has 31 heavy (non-hydrogen) atoms. The number of benzene rings is 2. The van der Waals surface area contributed by atoms with Gasteiger partial charge < -0.3 is 20.9 Å². The summed E-state index contributed by atoms with van der Waals surface area (Å²) < 4.78 is 0. The van der Waals surface area contributed by atoms with Crippen molar-refractivity contribution < 1.29 is 9.59 Å². The van der Waals surface area contributed by atoms with Gasteiger partial charge in [-0.1, -0.05) is 24.3 Å². The van der Waals surface area contributed by atoms with Crippen LogP contribution in [-0.4, -0.2) is 49.9 Å². The molecule has 0 atom stereocenters. The lowest BCUT2D eigenvalue weighted by Gasteiger charge is -2.12. The molecule has 2 rings (SSSR count). The molecule has 0 saturated carbocycles. The minimum Gasteiger partial charge on any atom is -0.357 e. The summed E-state index contributed by atoms with van der Waals surface area (Å²) >= 11 is 0. The second kappa shape index (κ2) is 13.6. The fourth-order valence-corrected chi connectivity index (χ4v) is 2.81. The first kappa shape index (κ1) is 26.4. The second-order valence-electron chi connectivity index (χ2n) is 7.15. The Bertz CT molecular complexity index is 865. The van der Waals surface area contributed by atoms with Gasteiger partial charge in [-0.15, -0.1) is 24.0 Å². The largest absolute Gasteiger partial charge is 0.357 e. The predicted molar refractivity (Wildman–Crippen MR) is 137 cm³/mol. The molecule has 0 aliphatic carbocycles. The van der Waals surface area contributed by atoms with Gasteiger partial charge in [0.05, 0.1) is 6.54 Å². The molecule has 168 valence electrons. The Kier molecular flexibility index (Phi) is 11.6. The molecule has 3 N–H and O–H groups in total. The lowest BCUT2D eigenvalue weighted by Crippen LogP contribution is -2.38. The van der Waals surface area contributed by atoms with Crippen LogP contribution < -0.4 is 16.0 Å². The van der Waals surface area contributed by atoms with Crippen LogP contribution in [0.3, 0.4) is 0 Å². The third-order valence-corrected chi connectivity index (χ3v) is 4.35. The first-order chi connectivity index (χ1) is 14.4. The first-order valence-electron chi connectivity index (χ1n) is 10.1. The van der Waals surface area contributed by atoms with E-state index in [1.165, 1.54) is 12.5 Å². The Morgan fingerprint density at radius 2 is 1.55 bits per heavy atom. The SMILES string of the molecule is CCNC(=NCc1ccc(C(=O)N(C)C)cc1)NCCc1ccc(NC(C)=O)cc1.I. The fourth-order valence-electron chi connectivity index (χ4n) is 2.81. The van der Waals surface area contributed by atoms with Crippen LogP contribution in [0.15, 0.2) is 53.5 Å². The lowest BCUT2D eigenvalue weighted by atomic mass is 10.1. The van der Waals surface area contributed by atoms with Gasteiger partial charge in [0.15, 0.2) is 5.96 Å². The third-order valence-electron chi connectivity index (χ3n) is 4.35. The van der Waals surface area contributed by atoms with Crippen molar-refractivity contribution in [3.63, 3.8) is 0 Å². The molecule has 8 heteroatoms. The molecule has 0 fully saturated rings. The monoisotopic (exact) mass is 537 g/mol. The standard InChI is InChI=1S/C23H31N5O2.HI/c1-5-24-23(25-15-14-18-8-12-21(13-9-18)27-17(2)29)26-16-19-6-10-20(11-7-19)22(30)28(3)4;/h6-13H,5,14-16H2,1-4H3,(H,27,29)(H2,24,25,26);1H. The molecule has 7 nitrogen and oxygen atoms in total. The van der Waals surface area contributed by atoms with Gasteiger partial charge in [-0.25, -0.2) is 4.99 Å². The third kappa shape index (κ3) is 9.37. The van der Waals surface area contributed by atoms with Crippen LogP contribution in [0.5, 0.6) is 0 Å². The van der Waals surface area contributed by atoms with Crippen molar-refractivity contribution in [3.05, 3.63) is 65.2 Å². The summed E-state index contributed by atoms with van der Waals surface area (Å²) in [6.45, 7) is 5.56. The molecular formula is C23H32IN5O2. The molecule has 0 radical (unpaired) electrons. The van der Waals surface area contributed by atoms with Crippen LogP contribution >= 0.6 is 24.0 Å². The topological polar surface area (TPSA) is 85.8 Å². The van der Waals surface area contributed by atoms with Crippen LogP contribution in [0, 0.1) is 0 Å². The van der Waals surface area contributed by atoms with Gasteiger partial charge in [0.1, 0.15) is 0 Å². The molecule has 2 aromatic carbocycles. The molecule has 0 spiro atoms. The molecule has 2 amide bonds. The Morgan fingerprint density at radius 3 is 2.10 bits per heavy atom. The number of hydrogen-bond acceptors (Lipinski definition) is 3. The van der Waals surface area contributed by atoms with Crippen molar-refractivity contribution in [2.75, 3.05) is 32.5 Å². The first-order valence-corrected chi connectivity index (χ1v) is 10.1. The van der Waals surface area contributed by atoms with Crippen LogP contribution in [0.1, 0.15) is 35.3 Å². The summed E-state index contributed by atoms with van der Waals surface area (Å²) in [6.07, 6.45) is 0.839. The van der Waals surface area contributed by atoms with E-state index in [9.17, 15) is 9.59 Å². The van der Waals surface area contributed by atoms with Gasteiger partial charge in [-0.2, -0.15) is 0 Å². The molecule has 2 aromatic rings. The highest BCUT2D eigenvalue weighted by Gasteiger charge is 2.07. The van der Waals surface area contributed by atoms with E-state index >= 15 is 0 Å². The Morgan fingerprint density at radius 1 is 0.935 bits per heavy atom. The van der Waals surface area contributed by atoms with Crippen molar-refractivity contribution in [1.82, 2.24) is 15.5 Å². The average Bonchev–Trinajstić information content (AvgIpc) is 2.72. The summed E-state index contributed by atoms with van der Waals surface area (Å²) in [5, 5.41) is 9.35. The molecule has 0 aliphatic rings. The maximum Gasteiger partial charge on any atom is 0.253 e. The number of aliphatic imine (C=N–C) groups is 1. The summed E-state index contributed by atoms with van der Waals surface area (Å²) in [4.78, 5) is 29.2. The zero-order valence-corrected chi connectivity index (χ0v) is 20.9. The number of nitrogens with one attached hydrogen (secondary N) is 3. The average molecular weight is 537 g/mol. The van der Waals surface area contributed by atoms with E-state index in [1.54, 1.807) is 19.0 Å². The molecule has 0 saturated heterocycles. The Hall–Kier alpha value is -2.62. The Labute approximate surface area is 201 Å². The minimum atomic E-state index is -0.0742. The number of carbonyl (C=O) groups excluding carboxylic acids is 2. The molecule has 0 bridgehead atoms. The zero-order valence-electron chi connectivity index (χ0n) is 18.6. The van der Waals surface area contributed by atoms with Gasteiger partial charge in [0.25, 0.3) is 5.91 Å². The number of rotatable bonds is 8. The number of amides is 2. The predicted octanol–water partition coefficient (Wildman–Crippen LogP) is 3.26. The number of hydrogen-bond donors (Lipinski definition) is 3. The van der Waals surface area contributed by atoms with Crippen molar-refractivity contribution in [2.24, 2.45) is 4.99 Å². The fraction of sp³-hybridized carbons (Fsp3) is 0.348. The smallest absolute Gasteiger partial charge is 0.253 e. The minimum absolute atomic E-state index is 0. The molecular weight excluding hydrogens is 505 g/mol. The maximum atomic E-state index is 12.0. The van der Waals surface area contributed by atoms with Gasteiger partial charge in [-0.3, -0.25) is 9.59 Å². The molecule has 0 aromatic heterocycles.